The molecule has 2 rings (SSSR count). The second-order valence-corrected chi connectivity index (χ2v) is 6.49. The number of benzene rings is 1. The highest BCUT2D eigenvalue weighted by molar-refractivity contribution is 5.55. The van der Waals surface area contributed by atoms with Crippen LogP contribution in [0.1, 0.15) is 69.9 Å². The predicted molar refractivity (Wildman–Crippen MR) is 98.5 cm³/mol. The molecule has 2 nitrogen and oxygen atoms in total. The molecule has 0 unspecified atom stereocenters. The Morgan fingerprint density at radius 1 is 0.833 bits per heavy atom. The van der Waals surface area contributed by atoms with E-state index < -0.39 is 0 Å². The Kier molecular flexibility index (Phi) is 7.87. The summed E-state index contributed by atoms with van der Waals surface area (Å²) in [6.45, 7) is 4.37. The van der Waals surface area contributed by atoms with Crippen molar-refractivity contribution in [1.29, 1.82) is 0 Å². The molecular formula is C21H29FN2. The number of aryl methyl sites for hydroxylation is 2. The maximum Gasteiger partial charge on any atom is 0.159 e. The van der Waals surface area contributed by atoms with Gasteiger partial charge in [-0.05, 0) is 42.9 Å². The van der Waals surface area contributed by atoms with Gasteiger partial charge in [-0.15, -0.1) is 0 Å². The van der Waals surface area contributed by atoms with E-state index in [1.54, 1.807) is 6.07 Å². The summed E-state index contributed by atoms with van der Waals surface area (Å²) in [6.07, 6.45) is 13.9. The van der Waals surface area contributed by atoms with E-state index >= 15 is 0 Å². The van der Waals surface area contributed by atoms with Gasteiger partial charge in [-0.25, -0.2) is 14.4 Å². The Morgan fingerprint density at radius 3 is 2.17 bits per heavy atom. The second kappa shape index (κ2) is 10.2. The summed E-state index contributed by atoms with van der Waals surface area (Å²) in [4.78, 5) is 8.83. The van der Waals surface area contributed by atoms with Crippen LogP contribution in [0.5, 0.6) is 0 Å². The maximum absolute atomic E-state index is 14.2. The Morgan fingerprint density at radius 2 is 1.50 bits per heavy atom. The Hall–Kier alpha value is -1.77. The molecule has 130 valence electrons. The van der Waals surface area contributed by atoms with Crippen molar-refractivity contribution >= 4 is 0 Å². The molecule has 1 heterocycles. The van der Waals surface area contributed by atoms with E-state index in [2.05, 4.69) is 23.8 Å². The van der Waals surface area contributed by atoms with Crippen molar-refractivity contribution in [2.75, 3.05) is 0 Å². The topological polar surface area (TPSA) is 25.8 Å². The first-order valence-corrected chi connectivity index (χ1v) is 9.34. The lowest BCUT2D eigenvalue weighted by atomic mass is 10.0. The van der Waals surface area contributed by atoms with Crippen molar-refractivity contribution in [3.8, 4) is 11.4 Å². The molecule has 0 radical (unpaired) electrons. The number of hydrogen-bond donors (Lipinski definition) is 0. The van der Waals surface area contributed by atoms with Gasteiger partial charge in [0.15, 0.2) is 5.82 Å². The number of unbranched alkanes of at least 4 members (excludes halogenated alkanes) is 5. The van der Waals surface area contributed by atoms with Gasteiger partial charge < -0.3 is 0 Å². The molecule has 0 spiro atoms. The van der Waals surface area contributed by atoms with Gasteiger partial charge in [0.1, 0.15) is 5.82 Å². The van der Waals surface area contributed by atoms with Gasteiger partial charge in [0, 0.05) is 18.0 Å². The Balaban J connectivity index is 1.97. The molecule has 0 fully saturated rings. The lowest BCUT2D eigenvalue weighted by molar-refractivity contribution is 0.599. The first-order chi connectivity index (χ1) is 11.7. The minimum absolute atomic E-state index is 0.143. The Bertz CT molecular complexity index is 608. The van der Waals surface area contributed by atoms with Crippen LogP contribution in [0, 0.1) is 5.82 Å². The van der Waals surface area contributed by atoms with Crippen molar-refractivity contribution in [1.82, 2.24) is 9.97 Å². The lowest BCUT2D eigenvalue weighted by Crippen LogP contribution is -1.96. The summed E-state index contributed by atoms with van der Waals surface area (Å²) in [6, 6.07) is 5.38. The van der Waals surface area contributed by atoms with Gasteiger partial charge in [-0.2, -0.15) is 0 Å². The average Bonchev–Trinajstić information content (AvgIpc) is 2.61. The summed E-state index contributed by atoms with van der Waals surface area (Å²) in [5, 5.41) is 0. The molecule has 1 aromatic heterocycles. The van der Waals surface area contributed by atoms with E-state index in [9.17, 15) is 4.39 Å². The third-order valence-electron chi connectivity index (χ3n) is 4.39. The zero-order chi connectivity index (χ0) is 17.2. The molecule has 24 heavy (non-hydrogen) atoms. The third kappa shape index (κ3) is 5.70. The van der Waals surface area contributed by atoms with Gasteiger partial charge in [0.2, 0.25) is 0 Å². The second-order valence-electron chi connectivity index (χ2n) is 6.49. The molecule has 0 amide bonds. The molecule has 0 aliphatic carbocycles. The third-order valence-corrected chi connectivity index (χ3v) is 4.39. The fourth-order valence-electron chi connectivity index (χ4n) is 2.84. The minimum Gasteiger partial charge on any atom is -0.236 e. The highest BCUT2D eigenvalue weighted by atomic mass is 19.1. The molecule has 2 aromatic rings. The number of hydrogen-bond acceptors (Lipinski definition) is 2. The smallest absolute Gasteiger partial charge is 0.159 e. The summed E-state index contributed by atoms with van der Waals surface area (Å²) in [7, 11) is 0. The van der Waals surface area contributed by atoms with Crippen LogP contribution in [0.2, 0.25) is 0 Å². The molecule has 0 saturated heterocycles. The zero-order valence-corrected chi connectivity index (χ0v) is 15.0. The predicted octanol–water partition coefficient (Wildman–Crippen LogP) is 6.14. The normalized spacial score (nSPS) is 11.0. The number of aromatic nitrogens is 2. The van der Waals surface area contributed by atoms with Crippen LogP contribution in [-0.4, -0.2) is 9.97 Å². The van der Waals surface area contributed by atoms with E-state index in [-0.39, 0.29) is 5.82 Å². The van der Waals surface area contributed by atoms with E-state index in [1.165, 1.54) is 25.7 Å². The monoisotopic (exact) mass is 328 g/mol. The summed E-state index contributed by atoms with van der Waals surface area (Å²) >= 11 is 0. The first-order valence-electron chi connectivity index (χ1n) is 9.34. The van der Waals surface area contributed by atoms with Crippen LogP contribution in [0.4, 0.5) is 4.39 Å². The van der Waals surface area contributed by atoms with Crippen LogP contribution in [-0.2, 0) is 12.8 Å². The van der Waals surface area contributed by atoms with Crippen LogP contribution in [0.15, 0.2) is 30.6 Å². The fraction of sp³-hybridized carbons (Fsp3) is 0.524. The molecular weight excluding hydrogens is 299 g/mol. The van der Waals surface area contributed by atoms with E-state index in [1.807, 2.05) is 24.5 Å². The van der Waals surface area contributed by atoms with Crippen LogP contribution < -0.4 is 0 Å². The number of halogens is 1. The van der Waals surface area contributed by atoms with E-state index in [0.717, 1.165) is 48.8 Å². The van der Waals surface area contributed by atoms with Crippen LogP contribution >= 0.6 is 0 Å². The standard InChI is InChI=1S/C21H29FN2/c1-3-5-7-9-10-17-15-23-21(24-16-17)19-13-12-18(20(22)14-19)11-8-6-4-2/h12-16H,3-11H2,1-2H3. The van der Waals surface area contributed by atoms with Crippen LogP contribution in [0.25, 0.3) is 11.4 Å². The minimum atomic E-state index is -0.143. The number of nitrogens with zero attached hydrogens (tertiary/aromatic N) is 2. The summed E-state index contributed by atoms with van der Waals surface area (Å²) < 4.78 is 14.2. The molecule has 3 heteroatoms. The summed E-state index contributed by atoms with van der Waals surface area (Å²) in [5.74, 6) is 0.460. The first kappa shape index (κ1) is 18.6. The van der Waals surface area contributed by atoms with Crippen molar-refractivity contribution < 1.29 is 4.39 Å². The van der Waals surface area contributed by atoms with Crippen molar-refractivity contribution in [2.45, 2.75) is 71.6 Å². The molecule has 0 aliphatic rings. The largest absolute Gasteiger partial charge is 0.236 e. The molecule has 0 N–H and O–H groups in total. The fourth-order valence-corrected chi connectivity index (χ4v) is 2.84. The molecule has 0 aliphatic heterocycles. The maximum atomic E-state index is 14.2. The quantitative estimate of drug-likeness (QED) is 0.490. The zero-order valence-electron chi connectivity index (χ0n) is 15.0. The van der Waals surface area contributed by atoms with Gasteiger partial charge >= 0.3 is 0 Å². The Labute approximate surface area is 145 Å². The molecule has 1 aromatic carbocycles. The van der Waals surface area contributed by atoms with Crippen molar-refractivity contribution in [2.24, 2.45) is 0 Å². The van der Waals surface area contributed by atoms with Crippen LogP contribution in [0.3, 0.4) is 0 Å². The van der Waals surface area contributed by atoms with Gasteiger partial charge in [-0.3, -0.25) is 0 Å². The molecule has 0 saturated carbocycles. The number of rotatable bonds is 10. The van der Waals surface area contributed by atoms with Gasteiger partial charge in [0.25, 0.3) is 0 Å². The van der Waals surface area contributed by atoms with Crippen molar-refractivity contribution in [3.05, 3.63) is 47.5 Å². The van der Waals surface area contributed by atoms with E-state index in [0.29, 0.717) is 5.82 Å². The van der Waals surface area contributed by atoms with Crippen molar-refractivity contribution in [3.63, 3.8) is 0 Å². The molecule has 0 bridgehead atoms. The SMILES string of the molecule is CCCCCCc1cnc(-c2ccc(CCCCC)c(F)c2)nc1. The summed E-state index contributed by atoms with van der Waals surface area (Å²) in [5.41, 5.74) is 2.70. The lowest BCUT2D eigenvalue weighted by Gasteiger charge is -2.06. The van der Waals surface area contributed by atoms with Gasteiger partial charge in [0.05, 0.1) is 0 Å². The van der Waals surface area contributed by atoms with E-state index in [4.69, 9.17) is 0 Å². The van der Waals surface area contributed by atoms with Gasteiger partial charge in [-0.1, -0.05) is 58.1 Å². The highest BCUT2D eigenvalue weighted by Gasteiger charge is 2.07. The highest BCUT2D eigenvalue weighted by Crippen LogP contribution is 2.20. The average molecular weight is 328 g/mol. The molecule has 0 atom stereocenters.